The van der Waals surface area contributed by atoms with Crippen LogP contribution in [-0.2, 0) is 22.4 Å². The van der Waals surface area contributed by atoms with Crippen LogP contribution in [0.25, 0.3) is 61.0 Å². The smallest absolute Gasteiger partial charge is 0.256 e. The summed E-state index contributed by atoms with van der Waals surface area (Å²) in [5.74, 6) is 2.65. The zero-order chi connectivity index (χ0) is 77.0. The molecule has 0 spiro atoms. The van der Waals surface area contributed by atoms with E-state index in [1.807, 2.05) is 177 Å². The number of aromatic nitrogens is 4. The lowest BCUT2D eigenvalue weighted by atomic mass is 9.94. The molecule has 15 rings (SSSR count). The second-order valence-electron chi connectivity index (χ2n) is 27.3. The number of azo groups is 1. The van der Waals surface area contributed by atoms with E-state index in [2.05, 4.69) is 83.7 Å². The molecule has 0 aliphatic carbocycles. The number of pyridine rings is 1. The van der Waals surface area contributed by atoms with Crippen LogP contribution in [-0.4, -0.2) is 117 Å². The van der Waals surface area contributed by atoms with E-state index in [1.165, 1.54) is 23.1 Å². The Morgan fingerprint density at radius 2 is 1.32 bits per heavy atom. The Morgan fingerprint density at radius 1 is 0.636 bits per heavy atom. The van der Waals surface area contributed by atoms with E-state index in [9.17, 15) is 24.9 Å². The largest absolute Gasteiger partial charge is 0.494 e. The number of amides is 2. The van der Waals surface area contributed by atoms with Crippen molar-refractivity contribution in [2.24, 2.45) is 54.1 Å². The molecule has 4 aromatic heterocycles. The molecule has 15 N–H and O–H groups in total. The molecule has 2 amide bonds. The van der Waals surface area contributed by atoms with Gasteiger partial charge in [0.05, 0.1) is 65.0 Å². The minimum absolute atomic E-state index is 0.0340. The number of carbonyl (C=O) groups excluding carboxylic acids is 2. The van der Waals surface area contributed by atoms with Gasteiger partial charge in [0.25, 0.3) is 11.8 Å². The second-order valence-corrected chi connectivity index (χ2v) is 27.3. The Labute approximate surface area is 638 Å². The topological polar surface area (TPSA) is 374 Å². The van der Waals surface area contributed by atoms with Gasteiger partial charge in [-0.2, -0.15) is 5.11 Å². The van der Waals surface area contributed by atoms with Gasteiger partial charge in [0.2, 0.25) is 5.88 Å². The number of H-pyrrole nitrogens is 2. The number of anilines is 2. The van der Waals surface area contributed by atoms with Crippen LogP contribution < -0.4 is 53.6 Å². The summed E-state index contributed by atoms with van der Waals surface area (Å²) in [7, 11) is 0. The molecule has 110 heavy (non-hydrogen) atoms. The summed E-state index contributed by atoms with van der Waals surface area (Å²) in [6.45, 7) is 12.0. The zero-order valence-electron chi connectivity index (χ0n) is 62.2. The molecule has 11 aromatic rings. The van der Waals surface area contributed by atoms with Gasteiger partial charge in [-0.3, -0.25) is 29.6 Å². The molecule has 23 heteroatoms. The van der Waals surface area contributed by atoms with Crippen molar-refractivity contribution < 1.29 is 38.8 Å². The normalized spacial score (nSPS) is 15.5. The molecule has 0 fully saturated rings. The van der Waals surface area contributed by atoms with Crippen LogP contribution in [0.5, 0.6) is 23.3 Å². The number of aromatic amines is 2. The van der Waals surface area contributed by atoms with Gasteiger partial charge < -0.3 is 72.7 Å². The van der Waals surface area contributed by atoms with E-state index in [0.29, 0.717) is 91.3 Å². The lowest BCUT2D eigenvalue weighted by Crippen LogP contribution is -2.22. The number of aromatic hydroxyl groups is 2. The summed E-state index contributed by atoms with van der Waals surface area (Å²) in [6, 6.07) is 50.2. The van der Waals surface area contributed by atoms with Crippen molar-refractivity contribution in [3.8, 4) is 45.7 Å². The average molecular weight is 1480 g/mol. The number of nitrogens with zero attached hydrogens (tertiary/aromatic N) is 7. The van der Waals surface area contributed by atoms with Gasteiger partial charge in [0, 0.05) is 91.5 Å². The van der Waals surface area contributed by atoms with Gasteiger partial charge in [-0.1, -0.05) is 74.5 Å². The monoisotopic (exact) mass is 1480 g/mol. The number of oxazole rings is 1. The fourth-order valence-electron chi connectivity index (χ4n) is 13.6. The number of fused-ring (bicyclic) bond motifs is 5. The maximum absolute atomic E-state index is 12.7. The second kappa shape index (κ2) is 37.0. The molecule has 0 saturated heterocycles. The van der Waals surface area contributed by atoms with Crippen LogP contribution in [0, 0.1) is 5.92 Å². The van der Waals surface area contributed by atoms with Gasteiger partial charge in [-0.15, -0.1) is 5.11 Å². The van der Waals surface area contributed by atoms with Crippen LogP contribution in [0.3, 0.4) is 0 Å². The summed E-state index contributed by atoms with van der Waals surface area (Å²) in [4.78, 5) is 53.4. The highest BCUT2D eigenvalue weighted by atomic mass is 16.5. The third-order valence-electron chi connectivity index (χ3n) is 19.1. The highest BCUT2D eigenvalue weighted by Gasteiger charge is 2.31. The van der Waals surface area contributed by atoms with Gasteiger partial charge in [-0.05, 0) is 240 Å². The van der Waals surface area contributed by atoms with Crippen LogP contribution in [0.2, 0.25) is 0 Å². The molecule has 7 aromatic carbocycles. The lowest BCUT2D eigenvalue weighted by Gasteiger charge is -2.11. The summed E-state index contributed by atoms with van der Waals surface area (Å²) in [5, 5.41) is 48.6. The predicted molar refractivity (Wildman–Crippen MR) is 437 cm³/mol. The molecule has 2 atom stereocenters. The number of carbonyl (C=O) groups is 2. The number of aliphatic imine (C=N–C) groups is 2. The first-order valence-corrected chi connectivity index (χ1v) is 37.2. The number of hydrogen-bond donors (Lipinski definition) is 11. The highest BCUT2D eigenvalue weighted by Crippen LogP contribution is 2.42. The maximum atomic E-state index is 12.7. The van der Waals surface area contributed by atoms with E-state index in [0.717, 1.165) is 145 Å². The van der Waals surface area contributed by atoms with E-state index in [4.69, 9.17) is 41.8 Å². The van der Waals surface area contributed by atoms with E-state index in [-0.39, 0.29) is 42.3 Å². The minimum atomic E-state index is -0.164. The molecule has 23 nitrogen and oxygen atoms in total. The molecule has 0 bridgehead atoms. The summed E-state index contributed by atoms with van der Waals surface area (Å²) in [5.41, 5.74) is 40.7. The number of aliphatic hydroxyl groups excluding tert-OH is 1. The number of rotatable bonds is 26. The van der Waals surface area contributed by atoms with Crippen molar-refractivity contribution in [1.29, 1.82) is 0 Å². The molecule has 4 aliphatic heterocycles. The Hall–Kier alpha value is -12.3. The SMILES string of the molecule is CC(=Nc1ccc(OCCCN)cc1)c1c(O)[nH]c2ccc(-c3cnco3)cc12.CC(C)Cc1cccc2[nH]c(O)c(N=Nc3ccc(OCCCN)cc3)c12.CC1=C(CCCN)C=NC1/C=C1\C(=O)Nc2cc(-c3cccnc3)ccc21.NCCCC1=c2ccccc2=NC1/C=C1\C(=O)Nc2cccc(CCO)c21. The van der Waals surface area contributed by atoms with Crippen molar-refractivity contribution in [1.82, 2.24) is 19.9 Å². The minimum Gasteiger partial charge on any atom is -0.494 e. The standard InChI is InChI=1S/C22H22N4O3.C22H22N4O.C22H23N3O2.C21H26N4O2/c1-14(25-16-4-6-17(7-5-16)28-10-2-9-23)21-18-11-15(20-12-24-13-29-20)3-8-19(18)26-22(21)27;1-14-16(4-2-8-23)13-25-20(14)11-19-18-7-6-15(10-21(18)26-22(19)27)17-5-3-9-24-12-17;23-11-4-7-16-15-6-1-2-8-18(15)24-20(16)13-17-21-14(10-12-26)5-3-9-19(21)25-22(17)27;1-14(2)13-15-5-3-6-18-19(15)20(21(26)23-18)25-24-16-7-9-17(10-8-16)27-12-4-11-22/h3-8,11-13,26-27H,2,9-10,23H2,1H3;3,5-7,9-13,20H,2,4,8,23H2,1H3,(H,26,27);1-3,5-6,8-9,13,20,26H,4,7,10-12,23H2,(H,25,27);3,5-10,14,23,26H,4,11-13,22H2,1-2H3/b;19-11-;17-13-;. The number of hydrogen-bond acceptors (Lipinski definition) is 19. The van der Waals surface area contributed by atoms with Gasteiger partial charge in [0.15, 0.2) is 23.7 Å². The third-order valence-corrected chi connectivity index (χ3v) is 19.1. The molecule has 4 aliphatic rings. The molecule has 8 heterocycles. The molecular weight excluding hydrogens is 1380 g/mol. The number of allylic oxidation sites excluding steroid dienone is 1. The molecular formula is C87H93N15O8. The first-order valence-electron chi connectivity index (χ1n) is 37.2. The Morgan fingerprint density at radius 3 is 2.03 bits per heavy atom. The van der Waals surface area contributed by atoms with Crippen LogP contribution >= 0.6 is 0 Å². The fourth-order valence-corrected chi connectivity index (χ4v) is 13.6. The number of aliphatic hydroxyl groups is 1. The van der Waals surface area contributed by atoms with Crippen molar-refractivity contribution in [3.05, 3.63) is 244 Å². The molecule has 564 valence electrons. The number of benzene rings is 7. The average Bonchev–Trinajstić information content (AvgIpc) is 1.64. The Bertz CT molecular complexity index is 5390. The summed E-state index contributed by atoms with van der Waals surface area (Å²) < 4.78 is 16.6. The molecule has 0 radical (unpaired) electrons. The highest BCUT2D eigenvalue weighted by molar-refractivity contribution is 6.33. The van der Waals surface area contributed by atoms with Crippen molar-refractivity contribution in [2.75, 3.05) is 56.6 Å². The summed E-state index contributed by atoms with van der Waals surface area (Å²) >= 11 is 0. The maximum Gasteiger partial charge on any atom is 0.256 e. The van der Waals surface area contributed by atoms with Crippen LogP contribution in [0.15, 0.2) is 236 Å². The molecule has 2 unspecified atom stereocenters. The van der Waals surface area contributed by atoms with Gasteiger partial charge in [-0.25, -0.2) is 4.98 Å². The lowest BCUT2D eigenvalue weighted by molar-refractivity contribution is -0.111. The number of ether oxygens (including phenoxy) is 2. The quantitative estimate of drug-likeness (QED) is 0.0104. The van der Waals surface area contributed by atoms with E-state index in [1.54, 1.807) is 12.4 Å². The van der Waals surface area contributed by atoms with Crippen molar-refractivity contribution in [3.63, 3.8) is 0 Å². The number of para-hydroxylation sites is 1. The molecule has 0 saturated carbocycles. The van der Waals surface area contributed by atoms with Crippen molar-refractivity contribution >= 4 is 90.7 Å². The first kappa shape index (κ1) is 77.4. The predicted octanol–water partition coefficient (Wildman–Crippen LogP) is 14.4. The van der Waals surface area contributed by atoms with Gasteiger partial charge >= 0.3 is 0 Å². The van der Waals surface area contributed by atoms with E-state index >= 15 is 0 Å². The van der Waals surface area contributed by atoms with E-state index < -0.39 is 0 Å². The summed E-state index contributed by atoms with van der Waals surface area (Å²) in [6.07, 6.45) is 19.2. The zero-order valence-corrected chi connectivity index (χ0v) is 62.2. The number of nitrogens with two attached hydrogens (primary N) is 4. The number of nitrogens with one attached hydrogen (secondary N) is 4. The fraction of sp³-hybridized carbons (Fsp3) is 0.253. The van der Waals surface area contributed by atoms with Gasteiger partial charge in [0.1, 0.15) is 11.5 Å². The Kier molecular flexibility index (Phi) is 26.1. The van der Waals surface area contributed by atoms with Crippen molar-refractivity contribution in [2.45, 2.75) is 91.1 Å². The van der Waals surface area contributed by atoms with Crippen LogP contribution in [0.1, 0.15) is 94.0 Å². The Balaban J connectivity index is 0.000000137. The van der Waals surface area contributed by atoms with Crippen LogP contribution in [0.4, 0.5) is 28.4 Å². The first-order chi connectivity index (χ1) is 53.6. The third kappa shape index (κ3) is 18.6.